The van der Waals surface area contributed by atoms with Crippen molar-refractivity contribution < 1.29 is 0 Å². The van der Waals surface area contributed by atoms with Gasteiger partial charge in [-0.3, -0.25) is 4.90 Å². The van der Waals surface area contributed by atoms with Crippen LogP contribution in [0.25, 0.3) is 11.0 Å². The summed E-state index contributed by atoms with van der Waals surface area (Å²) in [6.07, 6.45) is 0.273. The Morgan fingerprint density at radius 3 is 2.84 bits per heavy atom. The summed E-state index contributed by atoms with van der Waals surface area (Å²) in [6.45, 7) is 6.26. The number of aromatic nitrogens is 2. The minimum absolute atomic E-state index is 0.273. The zero-order valence-corrected chi connectivity index (χ0v) is 11.5. The Kier molecular flexibility index (Phi) is 3.50. The zero-order chi connectivity index (χ0) is 13.2. The average molecular weight is 259 g/mol. The molecule has 0 bridgehead atoms. The number of fused-ring (bicyclic) bond motifs is 1. The molecule has 0 amide bonds. The second kappa shape index (κ2) is 5.28. The summed E-state index contributed by atoms with van der Waals surface area (Å²) in [4.78, 5) is 10.2. The summed E-state index contributed by atoms with van der Waals surface area (Å²) >= 11 is 0. The highest BCUT2D eigenvalue weighted by molar-refractivity contribution is 5.75. The third-order valence-electron chi connectivity index (χ3n) is 3.73. The van der Waals surface area contributed by atoms with Gasteiger partial charge in [0.15, 0.2) is 0 Å². The fraction of sp³-hybridized carbons (Fsp3) is 0.500. The number of nitrogens with one attached hydrogen (secondary N) is 3. The van der Waals surface area contributed by atoms with E-state index in [-0.39, 0.29) is 6.17 Å². The maximum atomic E-state index is 4.45. The van der Waals surface area contributed by atoms with Gasteiger partial charge in [0.25, 0.3) is 0 Å². The molecule has 2 heterocycles. The van der Waals surface area contributed by atoms with E-state index < -0.39 is 0 Å². The van der Waals surface area contributed by atoms with Crippen molar-refractivity contribution in [2.45, 2.75) is 13.1 Å². The first-order chi connectivity index (χ1) is 9.28. The molecule has 1 aromatic carbocycles. The van der Waals surface area contributed by atoms with Crippen LogP contribution in [0.1, 0.15) is 17.6 Å². The van der Waals surface area contributed by atoms with E-state index in [0.717, 1.165) is 43.0 Å². The Bertz CT molecular complexity index is 556. The molecule has 0 radical (unpaired) electrons. The highest BCUT2D eigenvalue weighted by Gasteiger charge is 2.20. The Morgan fingerprint density at radius 2 is 2.11 bits per heavy atom. The molecule has 3 rings (SSSR count). The van der Waals surface area contributed by atoms with Gasteiger partial charge in [-0.1, -0.05) is 6.07 Å². The lowest BCUT2D eigenvalue weighted by Gasteiger charge is -2.34. The third-order valence-corrected chi connectivity index (χ3v) is 3.73. The van der Waals surface area contributed by atoms with E-state index >= 15 is 0 Å². The van der Waals surface area contributed by atoms with Crippen molar-refractivity contribution in [3.05, 3.63) is 29.6 Å². The molecule has 1 atom stereocenters. The van der Waals surface area contributed by atoms with Gasteiger partial charge in [-0.2, -0.15) is 0 Å². The number of hydrogen-bond acceptors (Lipinski definition) is 4. The fourth-order valence-corrected chi connectivity index (χ4v) is 2.83. The van der Waals surface area contributed by atoms with Gasteiger partial charge in [0, 0.05) is 26.2 Å². The van der Waals surface area contributed by atoms with E-state index in [2.05, 4.69) is 43.7 Å². The molecule has 0 saturated carbocycles. The van der Waals surface area contributed by atoms with Crippen molar-refractivity contribution in [2.75, 3.05) is 33.2 Å². The molecular formula is C14H21N5. The standard InChI is InChI=1S/C14H21N5/c1-10-17-12-4-3-11(9-13(12)18-10)14(15-2)19-7-5-16-6-8-19/h3-4,9,14-16H,5-8H2,1-2H3,(H,17,18). The minimum Gasteiger partial charge on any atom is -0.342 e. The molecule has 1 saturated heterocycles. The fourth-order valence-electron chi connectivity index (χ4n) is 2.83. The van der Waals surface area contributed by atoms with Crippen molar-refractivity contribution in [3.8, 4) is 0 Å². The largest absolute Gasteiger partial charge is 0.342 e. The first-order valence-electron chi connectivity index (χ1n) is 6.86. The van der Waals surface area contributed by atoms with Crippen LogP contribution in [0.3, 0.4) is 0 Å². The highest BCUT2D eigenvalue weighted by atomic mass is 15.3. The molecule has 102 valence electrons. The molecule has 5 nitrogen and oxygen atoms in total. The summed E-state index contributed by atoms with van der Waals surface area (Å²) in [5, 5.41) is 6.82. The summed E-state index contributed by atoms with van der Waals surface area (Å²) in [5.74, 6) is 0.968. The van der Waals surface area contributed by atoms with Gasteiger partial charge in [-0.05, 0) is 31.7 Å². The minimum atomic E-state index is 0.273. The predicted molar refractivity (Wildman–Crippen MR) is 77.1 cm³/mol. The molecule has 1 aliphatic heterocycles. The van der Waals surface area contributed by atoms with Gasteiger partial charge in [0.2, 0.25) is 0 Å². The smallest absolute Gasteiger partial charge is 0.104 e. The van der Waals surface area contributed by atoms with Gasteiger partial charge in [0.1, 0.15) is 5.82 Å². The molecule has 5 heteroatoms. The second-order valence-electron chi connectivity index (χ2n) is 5.08. The topological polar surface area (TPSA) is 56.0 Å². The van der Waals surface area contributed by atoms with Crippen LogP contribution in [0.15, 0.2) is 18.2 Å². The van der Waals surface area contributed by atoms with Crippen LogP contribution in [0.4, 0.5) is 0 Å². The number of nitrogens with zero attached hydrogens (tertiary/aromatic N) is 2. The normalized spacial score (nSPS) is 18.8. The average Bonchev–Trinajstić information content (AvgIpc) is 2.80. The number of hydrogen-bond donors (Lipinski definition) is 3. The Labute approximate surface area is 113 Å². The molecule has 1 fully saturated rings. The molecule has 1 unspecified atom stereocenters. The molecule has 1 aliphatic rings. The van der Waals surface area contributed by atoms with Crippen LogP contribution in [0.5, 0.6) is 0 Å². The highest BCUT2D eigenvalue weighted by Crippen LogP contribution is 2.22. The molecule has 0 aliphatic carbocycles. The lowest BCUT2D eigenvalue weighted by atomic mass is 10.1. The van der Waals surface area contributed by atoms with E-state index in [9.17, 15) is 0 Å². The molecule has 2 aromatic rings. The van der Waals surface area contributed by atoms with Gasteiger partial charge < -0.3 is 15.6 Å². The Hall–Kier alpha value is -1.43. The van der Waals surface area contributed by atoms with Gasteiger partial charge in [-0.15, -0.1) is 0 Å². The van der Waals surface area contributed by atoms with Crippen LogP contribution in [-0.4, -0.2) is 48.1 Å². The van der Waals surface area contributed by atoms with Crippen molar-refractivity contribution in [3.63, 3.8) is 0 Å². The van der Waals surface area contributed by atoms with E-state index in [0.29, 0.717) is 0 Å². The van der Waals surface area contributed by atoms with Crippen LogP contribution in [0, 0.1) is 6.92 Å². The number of rotatable bonds is 3. The number of imidazole rings is 1. The van der Waals surface area contributed by atoms with Crippen LogP contribution >= 0.6 is 0 Å². The van der Waals surface area contributed by atoms with Crippen LogP contribution in [0.2, 0.25) is 0 Å². The quantitative estimate of drug-likeness (QED) is 0.769. The van der Waals surface area contributed by atoms with E-state index in [1.807, 2.05) is 14.0 Å². The molecule has 3 N–H and O–H groups in total. The van der Waals surface area contributed by atoms with Gasteiger partial charge in [-0.25, -0.2) is 4.98 Å². The SMILES string of the molecule is CNC(c1ccc2nc(C)[nH]c2c1)N1CCNCC1. The molecule has 0 spiro atoms. The zero-order valence-electron chi connectivity index (χ0n) is 11.5. The Balaban J connectivity index is 1.91. The number of H-pyrrole nitrogens is 1. The number of aryl methyl sites for hydroxylation is 1. The van der Waals surface area contributed by atoms with Crippen molar-refractivity contribution in [1.82, 2.24) is 25.5 Å². The summed E-state index contributed by atoms with van der Waals surface area (Å²) in [6, 6.07) is 6.48. The summed E-state index contributed by atoms with van der Waals surface area (Å²) in [7, 11) is 2.02. The molecule has 1 aromatic heterocycles. The first kappa shape index (κ1) is 12.6. The Morgan fingerprint density at radius 1 is 1.32 bits per heavy atom. The van der Waals surface area contributed by atoms with E-state index in [1.54, 1.807) is 0 Å². The van der Waals surface area contributed by atoms with Crippen LogP contribution in [-0.2, 0) is 0 Å². The maximum Gasteiger partial charge on any atom is 0.104 e. The molecule has 19 heavy (non-hydrogen) atoms. The van der Waals surface area contributed by atoms with E-state index in [4.69, 9.17) is 0 Å². The number of aromatic amines is 1. The van der Waals surface area contributed by atoms with Crippen LogP contribution < -0.4 is 10.6 Å². The van der Waals surface area contributed by atoms with Gasteiger partial charge in [0.05, 0.1) is 17.2 Å². The van der Waals surface area contributed by atoms with E-state index in [1.165, 1.54) is 5.56 Å². The van der Waals surface area contributed by atoms with Gasteiger partial charge >= 0.3 is 0 Å². The van der Waals surface area contributed by atoms with Crippen molar-refractivity contribution in [1.29, 1.82) is 0 Å². The van der Waals surface area contributed by atoms with Crippen molar-refractivity contribution in [2.24, 2.45) is 0 Å². The molecular weight excluding hydrogens is 238 g/mol. The second-order valence-corrected chi connectivity index (χ2v) is 5.08. The monoisotopic (exact) mass is 259 g/mol. The summed E-state index contributed by atoms with van der Waals surface area (Å²) in [5.41, 5.74) is 3.45. The lowest BCUT2D eigenvalue weighted by Crippen LogP contribution is -2.48. The number of piperazine rings is 1. The predicted octanol–water partition coefficient (Wildman–Crippen LogP) is 0.995. The third kappa shape index (κ3) is 2.49. The lowest BCUT2D eigenvalue weighted by molar-refractivity contribution is 0.153. The van der Waals surface area contributed by atoms with Crippen molar-refractivity contribution >= 4 is 11.0 Å². The first-order valence-corrected chi connectivity index (χ1v) is 6.86. The maximum absolute atomic E-state index is 4.45. The number of benzene rings is 1. The summed E-state index contributed by atoms with van der Waals surface area (Å²) < 4.78 is 0.